The molecule has 1 aliphatic carbocycles. The van der Waals surface area contributed by atoms with Crippen molar-refractivity contribution in [2.24, 2.45) is 0 Å². The average Bonchev–Trinajstić information content (AvgIpc) is 3.56. The molecule has 0 saturated heterocycles. The Morgan fingerprint density at radius 3 is 1.69 bits per heavy atom. The number of nitrogens with zero attached hydrogens (tertiary/aromatic N) is 1. The molecule has 2 heteroatoms. The highest BCUT2D eigenvalue weighted by molar-refractivity contribution is 6.13. The number of rotatable bonds is 6. The summed E-state index contributed by atoms with van der Waals surface area (Å²) in [6.45, 7) is 0. The fourth-order valence-electron chi connectivity index (χ4n) is 7.18. The minimum absolute atomic E-state index is 0.942. The third kappa shape index (κ3) is 4.90. The number of hydrogen-bond donors (Lipinski definition) is 0. The van der Waals surface area contributed by atoms with Gasteiger partial charge in [-0.1, -0.05) is 146 Å². The van der Waals surface area contributed by atoms with Crippen LogP contribution >= 0.6 is 0 Å². The van der Waals surface area contributed by atoms with Crippen LogP contribution in [0.4, 0.5) is 17.1 Å². The quantitative estimate of drug-likeness (QED) is 0.185. The maximum absolute atomic E-state index is 6.83. The first kappa shape index (κ1) is 28.1. The molecular weight excluding hydrogens is 583 g/mol. The summed E-state index contributed by atoms with van der Waals surface area (Å²) >= 11 is 0. The Hall–Kier alpha value is -6.12. The average molecular weight is 616 g/mol. The van der Waals surface area contributed by atoms with E-state index >= 15 is 0 Å². The van der Waals surface area contributed by atoms with Crippen molar-refractivity contribution in [1.29, 1.82) is 0 Å². The summed E-state index contributed by atoms with van der Waals surface area (Å²) in [6, 6.07) is 58.5. The van der Waals surface area contributed by atoms with Gasteiger partial charge in [-0.25, -0.2) is 0 Å². The maximum Gasteiger partial charge on any atom is 0.143 e. The lowest BCUT2D eigenvalue weighted by Crippen LogP contribution is -2.13. The van der Waals surface area contributed by atoms with Gasteiger partial charge in [0.05, 0.1) is 5.69 Å². The summed E-state index contributed by atoms with van der Waals surface area (Å²) in [6.07, 6.45) is 6.52. The van der Waals surface area contributed by atoms with E-state index in [4.69, 9.17) is 4.42 Å². The van der Waals surface area contributed by atoms with Crippen molar-refractivity contribution in [2.75, 3.05) is 4.90 Å². The number of hydrogen-bond acceptors (Lipinski definition) is 2. The summed E-state index contributed by atoms with van der Waals surface area (Å²) < 4.78 is 6.83. The molecule has 1 aliphatic rings. The van der Waals surface area contributed by atoms with Gasteiger partial charge in [0.25, 0.3) is 0 Å². The van der Waals surface area contributed by atoms with Crippen molar-refractivity contribution in [3.05, 3.63) is 181 Å². The van der Waals surface area contributed by atoms with Crippen LogP contribution in [0, 0.1) is 0 Å². The summed E-state index contributed by atoms with van der Waals surface area (Å²) in [5, 5.41) is 2.30. The SMILES string of the molecule is C1=Cc2c(N(c3ccccc3)c3ccc(-c4ccc(-c5ccccc5)cc4)cc3)cc3c(oc4c(-c5ccccc5)cccc43)c2CC1. The molecule has 8 aromatic rings. The van der Waals surface area contributed by atoms with E-state index in [9.17, 15) is 0 Å². The number of benzene rings is 7. The van der Waals surface area contributed by atoms with Crippen molar-refractivity contribution < 1.29 is 4.42 Å². The molecule has 0 unspecified atom stereocenters. The molecule has 1 aromatic heterocycles. The van der Waals surface area contributed by atoms with Gasteiger partial charge in [-0.2, -0.15) is 0 Å². The highest BCUT2D eigenvalue weighted by Crippen LogP contribution is 2.46. The predicted molar refractivity (Wildman–Crippen MR) is 202 cm³/mol. The topological polar surface area (TPSA) is 16.4 Å². The van der Waals surface area contributed by atoms with Crippen molar-refractivity contribution in [3.63, 3.8) is 0 Å². The standard InChI is InChI=1S/C46H33NO/c1-4-13-32(14-5-1)33-23-25-34(26-24-33)35-27-29-38(30-28-35)47(37-17-8-3-9-18-37)44-31-43-42-22-12-21-39(36-15-6-2-7-16-36)45(42)48-46(43)41-20-11-10-19-40(41)44/h1-10,12-19,21-31H,11,20H2. The number of furan rings is 1. The molecule has 0 bridgehead atoms. The lowest BCUT2D eigenvalue weighted by atomic mass is 9.92. The smallest absolute Gasteiger partial charge is 0.143 e. The summed E-state index contributed by atoms with van der Waals surface area (Å²) in [5.74, 6) is 0. The molecule has 0 N–H and O–H groups in total. The molecule has 2 nitrogen and oxygen atoms in total. The van der Waals surface area contributed by atoms with Crippen molar-refractivity contribution in [1.82, 2.24) is 0 Å². The maximum atomic E-state index is 6.83. The van der Waals surface area contributed by atoms with Gasteiger partial charge in [0.1, 0.15) is 11.2 Å². The molecule has 0 radical (unpaired) electrons. The van der Waals surface area contributed by atoms with Crippen LogP contribution in [0.2, 0.25) is 0 Å². The van der Waals surface area contributed by atoms with Crippen LogP contribution in [0.5, 0.6) is 0 Å². The Morgan fingerprint density at radius 2 is 1.02 bits per heavy atom. The van der Waals surface area contributed by atoms with Crippen LogP contribution in [0.25, 0.3) is 61.4 Å². The van der Waals surface area contributed by atoms with E-state index in [1.54, 1.807) is 0 Å². The Bertz CT molecular complexity index is 2400. The van der Waals surface area contributed by atoms with Gasteiger partial charge in [0.15, 0.2) is 0 Å². The van der Waals surface area contributed by atoms with Gasteiger partial charge in [-0.15, -0.1) is 0 Å². The van der Waals surface area contributed by atoms with Gasteiger partial charge >= 0.3 is 0 Å². The fourth-order valence-corrected chi connectivity index (χ4v) is 7.18. The molecule has 0 saturated carbocycles. The van der Waals surface area contributed by atoms with Gasteiger partial charge in [-0.05, 0) is 71.0 Å². The molecule has 7 aromatic carbocycles. The zero-order valence-corrected chi connectivity index (χ0v) is 26.5. The molecule has 0 atom stereocenters. The van der Waals surface area contributed by atoms with E-state index in [0.29, 0.717) is 0 Å². The zero-order valence-electron chi connectivity index (χ0n) is 26.5. The lowest BCUT2D eigenvalue weighted by Gasteiger charge is -2.29. The highest BCUT2D eigenvalue weighted by atomic mass is 16.3. The van der Waals surface area contributed by atoms with Gasteiger partial charge in [0.2, 0.25) is 0 Å². The first-order chi connectivity index (χ1) is 23.8. The molecule has 1 heterocycles. The van der Waals surface area contributed by atoms with Crippen molar-refractivity contribution in [3.8, 4) is 33.4 Å². The number of para-hydroxylation sites is 2. The Balaban J connectivity index is 1.18. The molecule has 228 valence electrons. The summed E-state index contributed by atoms with van der Waals surface area (Å²) in [4.78, 5) is 2.40. The van der Waals surface area contributed by atoms with Crippen LogP contribution < -0.4 is 4.90 Å². The summed E-state index contributed by atoms with van der Waals surface area (Å²) in [7, 11) is 0. The third-order valence-electron chi connectivity index (χ3n) is 9.55. The van der Waals surface area contributed by atoms with Gasteiger partial charge in [0, 0.05) is 38.8 Å². The number of allylic oxidation sites excluding steroid dienone is 1. The second-order valence-corrected chi connectivity index (χ2v) is 12.4. The van der Waals surface area contributed by atoms with Gasteiger partial charge in [-0.3, -0.25) is 0 Å². The van der Waals surface area contributed by atoms with E-state index in [1.807, 2.05) is 0 Å². The van der Waals surface area contributed by atoms with Crippen molar-refractivity contribution in [2.45, 2.75) is 12.8 Å². The largest absolute Gasteiger partial charge is 0.455 e. The monoisotopic (exact) mass is 615 g/mol. The molecule has 48 heavy (non-hydrogen) atoms. The molecule has 0 amide bonds. The van der Waals surface area contributed by atoms with E-state index in [1.165, 1.54) is 33.4 Å². The first-order valence-corrected chi connectivity index (χ1v) is 16.7. The number of fused-ring (bicyclic) bond motifs is 5. The fraction of sp³-hybridized carbons (Fsp3) is 0.0435. The van der Waals surface area contributed by atoms with E-state index in [-0.39, 0.29) is 0 Å². The Kier molecular flexibility index (Phi) is 6.98. The second-order valence-electron chi connectivity index (χ2n) is 12.4. The van der Waals surface area contributed by atoms with Crippen molar-refractivity contribution >= 4 is 45.1 Å². The third-order valence-corrected chi connectivity index (χ3v) is 9.55. The Labute approximate surface area is 280 Å². The lowest BCUT2D eigenvalue weighted by molar-refractivity contribution is 0.662. The van der Waals surface area contributed by atoms with Crippen LogP contribution in [-0.2, 0) is 6.42 Å². The molecule has 9 rings (SSSR count). The normalized spacial score (nSPS) is 12.3. The first-order valence-electron chi connectivity index (χ1n) is 16.7. The predicted octanol–water partition coefficient (Wildman–Crippen LogP) is 13.0. The zero-order chi connectivity index (χ0) is 31.9. The van der Waals surface area contributed by atoms with E-state index < -0.39 is 0 Å². The molecule has 0 fully saturated rings. The second kappa shape index (κ2) is 11.9. The molecule has 0 spiro atoms. The molecule has 0 aliphatic heterocycles. The van der Waals surface area contributed by atoms with Crippen LogP contribution in [0.15, 0.2) is 174 Å². The van der Waals surface area contributed by atoms with Crippen LogP contribution in [-0.4, -0.2) is 0 Å². The van der Waals surface area contributed by atoms with Crippen LogP contribution in [0.1, 0.15) is 17.5 Å². The summed E-state index contributed by atoms with van der Waals surface area (Å²) in [5.41, 5.74) is 15.0. The van der Waals surface area contributed by atoms with Crippen LogP contribution in [0.3, 0.4) is 0 Å². The number of anilines is 3. The van der Waals surface area contributed by atoms with E-state index in [0.717, 1.165) is 63.0 Å². The molecular formula is C46H33NO. The minimum atomic E-state index is 0.942. The van der Waals surface area contributed by atoms with E-state index in [2.05, 4.69) is 181 Å². The number of aryl methyl sites for hydroxylation is 1. The minimum Gasteiger partial charge on any atom is -0.455 e. The highest BCUT2D eigenvalue weighted by Gasteiger charge is 2.24. The van der Waals surface area contributed by atoms with Gasteiger partial charge < -0.3 is 9.32 Å². The Morgan fingerprint density at radius 1 is 0.458 bits per heavy atom.